The summed E-state index contributed by atoms with van der Waals surface area (Å²) in [4.78, 5) is 20.6. The van der Waals surface area contributed by atoms with Gasteiger partial charge < -0.3 is 19.8 Å². The molecule has 0 radical (unpaired) electrons. The van der Waals surface area contributed by atoms with Crippen molar-refractivity contribution in [3.8, 4) is 11.5 Å². The zero-order chi connectivity index (χ0) is 22.0. The maximum atomic E-state index is 12.9. The summed E-state index contributed by atoms with van der Waals surface area (Å²) in [5, 5.41) is 3.87. The largest absolute Gasteiger partial charge is 0.497 e. The number of aromatic nitrogens is 2. The van der Waals surface area contributed by atoms with Gasteiger partial charge >= 0.3 is 0 Å². The number of nitrogens with zero attached hydrogens (tertiary/aromatic N) is 1. The second-order valence-electron chi connectivity index (χ2n) is 7.49. The third-order valence-electron chi connectivity index (χ3n) is 5.40. The van der Waals surface area contributed by atoms with Gasteiger partial charge in [0.2, 0.25) is 0 Å². The van der Waals surface area contributed by atoms with Gasteiger partial charge in [-0.05, 0) is 55.7 Å². The predicted molar refractivity (Wildman–Crippen MR) is 122 cm³/mol. The summed E-state index contributed by atoms with van der Waals surface area (Å²) in [7, 11) is 1.62. The van der Waals surface area contributed by atoms with Crippen molar-refractivity contribution in [3.05, 3.63) is 82.7 Å². The van der Waals surface area contributed by atoms with Gasteiger partial charge in [-0.1, -0.05) is 30.3 Å². The van der Waals surface area contributed by atoms with Gasteiger partial charge in [-0.2, -0.15) is 0 Å². The van der Waals surface area contributed by atoms with Crippen molar-refractivity contribution < 1.29 is 14.3 Å². The van der Waals surface area contributed by atoms with Crippen molar-refractivity contribution in [2.75, 3.05) is 12.4 Å². The molecule has 0 atom stereocenters. The Bertz CT molecular complexity index is 1250. The van der Waals surface area contributed by atoms with Crippen LogP contribution in [-0.2, 0) is 6.61 Å². The minimum Gasteiger partial charge on any atom is -0.497 e. The summed E-state index contributed by atoms with van der Waals surface area (Å²) >= 11 is 0. The van der Waals surface area contributed by atoms with Gasteiger partial charge in [0.25, 0.3) is 5.91 Å². The number of methoxy groups -OCH3 is 1. The molecule has 2 N–H and O–H groups in total. The molecule has 4 aromatic rings. The van der Waals surface area contributed by atoms with Gasteiger partial charge in [-0.25, -0.2) is 4.98 Å². The van der Waals surface area contributed by atoms with Crippen LogP contribution >= 0.6 is 0 Å². The molecule has 6 heteroatoms. The summed E-state index contributed by atoms with van der Waals surface area (Å²) in [6, 6.07) is 17.5. The minimum absolute atomic E-state index is 0.248. The van der Waals surface area contributed by atoms with E-state index in [0.29, 0.717) is 18.1 Å². The molecule has 4 rings (SSSR count). The molecule has 2 heterocycles. The van der Waals surface area contributed by atoms with Gasteiger partial charge in [0, 0.05) is 17.0 Å². The number of anilines is 1. The van der Waals surface area contributed by atoms with E-state index in [2.05, 4.69) is 15.3 Å². The summed E-state index contributed by atoms with van der Waals surface area (Å²) in [5.41, 5.74) is 4.96. The maximum absolute atomic E-state index is 12.9. The Labute approximate surface area is 181 Å². The third kappa shape index (κ3) is 4.23. The predicted octanol–water partition coefficient (Wildman–Crippen LogP) is 5.33. The molecule has 0 spiro atoms. The first-order valence-electron chi connectivity index (χ1n) is 10.1. The van der Waals surface area contributed by atoms with Gasteiger partial charge in [0.1, 0.15) is 29.6 Å². The molecule has 0 aliphatic carbocycles. The lowest BCUT2D eigenvalue weighted by Crippen LogP contribution is -2.16. The normalized spacial score (nSPS) is 10.8. The molecule has 0 saturated heterocycles. The van der Waals surface area contributed by atoms with Crippen molar-refractivity contribution in [2.24, 2.45) is 0 Å². The molecular weight excluding hydrogens is 390 g/mol. The molecule has 158 valence electrons. The third-order valence-corrected chi connectivity index (χ3v) is 5.40. The molecular formula is C25H25N3O3. The number of benzene rings is 2. The fourth-order valence-electron chi connectivity index (χ4n) is 3.52. The standard InChI is InChI=1S/C25H25N3O3/c1-15-16(2)24(26-17(3)23(15)31-14-18-8-6-5-7-9-18)28-25(29)22-12-19-10-11-20(30-4)13-21(19)27-22/h5-13,27H,14H2,1-4H3,(H,26,28,29). The number of fused-ring (bicyclic) bond motifs is 1. The number of hydrogen-bond acceptors (Lipinski definition) is 4. The van der Waals surface area contributed by atoms with E-state index in [1.807, 2.05) is 75.4 Å². The fourth-order valence-corrected chi connectivity index (χ4v) is 3.52. The smallest absolute Gasteiger partial charge is 0.273 e. The molecule has 6 nitrogen and oxygen atoms in total. The molecule has 0 bridgehead atoms. The molecule has 2 aromatic heterocycles. The number of rotatable bonds is 6. The Morgan fingerprint density at radius 3 is 2.55 bits per heavy atom. The van der Waals surface area contributed by atoms with Crippen LogP contribution in [0.25, 0.3) is 10.9 Å². The number of carbonyl (C=O) groups excluding carboxylic acids is 1. The van der Waals surface area contributed by atoms with Crippen molar-refractivity contribution >= 4 is 22.6 Å². The highest BCUT2D eigenvalue weighted by atomic mass is 16.5. The Morgan fingerprint density at radius 1 is 1.03 bits per heavy atom. The molecule has 0 aliphatic heterocycles. The maximum Gasteiger partial charge on any atom is 0.273 e. The van der Waals surface area contributed by atoms with E-state index in [9.17, 15) is 4.79 Å². The molecule has 0 unspecified atom stereocenters. The van der Waals surface area contributed by atoms with E-state index in [1.165, 1.54) is 0 Å². The van der Waals surface area contributed by atoms with Crippen LogP contribution in [0, 0.1) is 20.8 Å². The summed E-state index contributed by atoms with van der Waals surface area (Å²) in [6.07, 6.45) is 0. The van der Waals surface area contributed by atoms with E-state index in [4.69, 9.17) is 9.47 Å². The summed E-state index contributed by atoms with van der Waals surface area (Å²) in [5.74, 6) is 1.76. The second kappa shape index (κ2) is 8.52. The zero-order valence-electron chi connectivity index (χ0n) is 18.1. The molecule has 0 saturated carbocycles. The highest BCUT2D eigenvalue weighted by Gasteiger charge is 2.17. The lowest BCUT2D eigenvalue weighted by molar-refractivity contribution is 0.102. The van der Waals surface area contributed by atoms with E-state index in [-0.39, 0.29) is 5.91 Å². The van der Waals surface area contributed by atoms with Gasteiger partial charge in [-0.3, -0.25) is 4.79 Å². The molecule has 1 amide bonds. The molecule has 0 fully saturated rings. The van der Waals surface area contributed by atoms with Crippen LogP contribution in [0.1, 0.15) is 32.9 Å². The van der Waals surface area contributed by atoms with Gasteiger partial charge in [0.15, 0.2) is 0 Å². The topological polar surface area (TPSA) is 76.2 Å². The van der Waals surface area contributed by atoms with Crippen LogP contribution in [0.15, 0.2) is 54.6 Å². The Hall–Kier alpha value is -3.80. The number of carbonyl (C=O) groups is 1. The number of hydrogen-bond donors (Lipinski definition) is 2. The van der Waals surface area contributed by atoms with Crippen LogP contribution in [0.4, 0.5) is 5.82 Å². The first-order valence-corrected chi connectivity index (χ1v) is 10.1. The van der Waals surface area contributed by atoms with E-state index >= 15 is 0 Å². The van der Waals surface area contributed by atoms with Crippen molar-refractivity contribution in [1.82, 2.24) is 9.97 Å². The van der Waals surface area contributed by atoms with Crippen molar-refractivity contribution in [2.45, 2.75) is 27.4 Å². The number of H-pyrrole nitrogens is 1. The second-order valence-corrected chi connectivity index (χ2v) is 7.49. The van der Waals surface area contributed by atoms with Crippen molar-refractivity contribution in [1.29, 1.82) is 0 Å². The van der Waals surface area contributed by atoms with Gasteiger partial charge in [-0.15, -0.1) is 0 Å². The minimum atomic E-state index is -0.248. The number of amides is 1. The molecule has 2 aromatic carbocycles. The Balaban J connectivity index is 1.55. The quantitative estimate of drug-likeness (QED) is 0.446. The van der Waals surface area contributed by atoms with Crippen LogP contribution in [0.5, 0.6) is 11.5 Å². The van der Waals surface area contributed by atoms with E-state index in [1.54, 1.807) is 7.11 Å². The first-order chi connectivity index (χ1) is 15.0. The van der Waals surface area contributed by atoms with Gasteiger partial charge in [0.05, 0.1) is 12.8 Å². The van der Waals surface area contributed by atoms with Crippen LogP contribution in [0.3, 0.4) is 0 Å². The molecule has 31 heavy (non-hydrogen) atoms. The van der Waals surface area contributed by atoms with E-state index < -0.39 is 0 Å². The summed E-state index contributed by atoms with van der Waals surface area (Å²) in [6.45, 7) is 6.27. The number of aryl methyl sites for hydroxylation is 1. The molecule has 0 aliphatic rings. The number of nitrogens with one attached hydrogen (secondary N) is 2. The monoisotopic (exact) mass is 415 g/mol. The zero-order valence-corrected chi connectivity index (χ0v) is 18.1. The number of pyridine rings is 1. The van der Waals surface area contributed by atoms with Crippen molar-refractivity contribution in [3.63, 3.8) is 0 Å². The highest BCUT2D eigenvalue weighted by Crippen LogP contribution is 2.30. The number of aromatic amines is 1. The lowest BCUT2D eigenvalue weighted by Gasteiger charge is -2.17. The average molecular weight is 415 g/mol. The highest BCUT2D eigenvalue weighted by molar-refractivity contribution is 6.06. The van der Waals surface area contributed by atoms with Crippen LogP contribution < -0.4 is 14.8 Å². The van der Waals surface area contributed by atoms with Crippen LogP contribution in [0.2, 0.25) is 0 Å². The average Bonchev–Trinajstić information content (AvgIpc) is 3.21. The SMILES string of the molecule is COc1ccc2cc(C(=O)Nc3nc(C)c(OCc4ccccc4)c(C)c3C)[nH]c2c1. The summed E-state index contributed by atoms with van der Waals surface area (Å²) < 4.78 is 11.3. The first kappa shape index (κ1) is 20.5. The number of ether oxygens (including phenoxy) is 2. The Kier molecular flexibility index (Phi) is 5.62. The fraction of sp³-hybridized carbons (Fsp3) is 0.200. The van der Waals surface area contributed by atoms with E-state index in [0.717, 1.165) is 44.8 Å². The van der Waals surface area contributed by atoms with Crippen LogP contribution in [-0.4, -0.2) is 23.0 Å². The lowest BCUT2D eigenvalue weighted by atomic mass is 10.1. The Morgan fingerprint density at radius 2 is 1.81 bits per heavy atom.